The molecule has 0 amide bonds. The van der Waals surface area contributed by atoms with Gasteiger partial charge >= 0.3 is 5.97 Å². The summed E-state index contributed by atoms with van der Waals surface area (Å²) in [5, 5.41) is 12.7. The molecule has 0 bridgehead atoms. The first-order valence-electron chi connectivity index (χ1n) is 7.27. The van der Waals surface area contributed by atoms with Crippen molar-refractivity contribution in [3.05, 3.63) is 0 Å². The summed E-state index contributed by atoms with van der Waals surface area (Å²) in [6.07, 6.45) is 6.09. The number of hydrogen-bond donors (Lipinski definition) is 2. The molecule has 0 aliphatic heterocycles. The third-order valence-electron chi connectivity index (χ3n) is 4.76. The summed E-state index contributed by atoms with van der Waals surface area (Å²) in [4.78, 5) is 14.0. The molecule has 0 aromatic rings. The summed E-state index contributed by atoms with van der Waals surface area (Å²) >= 11 is 0. The Bertz CT molecular complexity index is 300. The zero-order valence-electron chi connectivity index (χ0n) is 11.6. The monoisotopic (exact) mass is 254 g/mol. The maximum Gasteiger partial charge on any atom is 0.325 e. The lowest BCUT2D eigenvalue weighted by Gasteiger charge is -2.38. The van der Waals surface area contributed by atoms with Crippen LogP contribution in [0.1, 0.15) is 39.0 Å². The first-order valence-corrected chi connectivity index (χ1v) is 7.27. The van der Waals surface area contributed by atoms with Gasteiger partial charge in [0.15, 0.2) is 0 Å². The van der Waals surface area contributed by atoms with Crippen molar-refractivity contribution in [1.29, 1.82) is 0 Å². The van der Waals surface area contributed by atoms with Crippen molar-refractivity contribution in [2.45, 2.75) is 44.6 Å². The molecular formula is C14H26N2O2. The summed E-state index contributed by atoms with van der Waals surface area (Å²) in [5.41, 5.74) is -0.722. The van der Waals surface area contributed by atoms with Gasteiger partial charge in [-0.05, 0) is 51.1 Å². The average molecular weight is 254 g/mol. The van der Waals surface area contributed by atoms with Gasteiger partial charge in [-0.3, -0.25) is 4.79 Å². The predicted octanol–water partition coefficient (Wildman–Crippen LogP) is 1.56. The lowest BCUT2D eigenvalue weighted by Crippen LogP contribution is -2.60. The van der Waals surface area contributed by atoms with E-state index in [9.17, 15) is 9.90 Å². The topological polar surface area (TPSA) is 52.6 Å². The van der Waals surface area contributed by atoms with Gasteiger partial charge in [-0.2, -0.15) is 0 Å². The van der Waals surface area contributed by atoms with Crippen LogP contribution >= 0.6 is 0 Å². The first-order chi connectivity index (χ1) is 8.62. The third kappa shape index (κ3) is 2.69. The lowest BCUT2D eigenvalue weighted by atomic mass is 9.84. The number of hydrogen-bond acceptors (Lipinski definition) is 3. The van der Waals surface area contributed by atoms with Gasteiger partial charge in [0.1, 0.15) is 5.54 Å². The largest absolute Gasteiger partial charge is 0.480 e. The third-order valence-corrected chi connectivity index (χ3v) is 4.76. The van der Waals surface area contributed by atoms with E-state index in [0.29, 0.717) is 12.5 Å². The zero-order chi connectivity index (χ0) is 13.2. The molecule has 4 nitrogen and oxygen atoms in total. The molecule has 0 aromatic carbocycles. The molecule has 4 heteroatoms. The fraction of sp³-hybridized carbons (Fsp3) is 0.929. The van der Waals surface area contributed by atoms with Crippen LogP contribution in [0.3, 0.4) is 0 Å². The molecule has 2 fully saturated rings. The van der Waals surface area contributed by atoms with E-state index in [1.54, 1.807) is 7.05 Å². The number of carboxylic acid groups (broad SMARTS) is 1. The second-order valence-corrected chi connectivity index (χ2v) is 5.93. The van der Waals surface area contributed by atoms with Crippen LogP contribution in [0.15, 0.2) is 0 Å². The minimum absolute atomic E-state index is 0.315. The summed E-state index contributed by atoms with van der Waals surface area (Å²) < 4.78 is 0. The van der Waals surface area contributed by atoms with E-state index in [-0.39, 0.29) is 0 Å². The summed E-state index contributed by atoms with van der Waals surface area (Å²) in [6, 6.07) is 0. The molecule has 2 saturated carbocycles. The van der Waals surface area contributed by atoms with Crippen LogP contribution in [0, 0.1) is 11.8 Å². The van der Waals surface area contributed by atoms with Crippen molar-refractivity contribution < 1.29 is 9.90 Å². The first kappa shape index (κ1) is 13.8. The van der Waals surface area contributed by atoms with Crippen molar-refractivity contribution in [2.75, 3.05) is 26.7 Å². The number of aliphatic carboxylic acids is 1. The van der Waals surface area contributed by atoms with Gasteiger partial charge in [-0.15, -0.1) is 0 Å². The van der Waals surface area contributed by atoms with Crippen molar-refractivity contribution in [3.63, 3.8) is 0 Å². The second kappa shape index (κ2) is 5.57. The van der Waals surface area contributed by atoms with E-state index in [2.05, 4.69) is 17.1 Å². The molecule has 2 rings (SSSR count). The Morgan fingerprint density at radius 3 is 2.39 bits per heavy atom. The Hall–Kier alpha value is -0.610. The fourth-order valence-corrected chi connectivity index (χ4v) is 3.04. The SMILES string of the molecule is CCN(CC1CCC1)CC(NC)(C(=O)O)C1CC1. The number of likely N-dealkylation sites (N-methyl/N-ethyl adjacent to an activating group) is 2. The van der Waals surface area contributed by atoms with Crippen molar-refractivity contribution in [1.82, 2.24) is 10.2 Å². The Morgan fingerprint density at radius 1 is 1.39 bits per heavy atom. The number of nitrogens with zero attached hydrogens (tertiary/aromatic N) is 1. The maximum atomic E-state index is 11.7. The van der Waals surface area contributed by atoms with Crippen LogP contribution in [0.4, 0.5) is 0 Å². The molecule has 1 atom stereocenters. The minimum atomic E-state index is -0.722. The van der Waals surface area contributed by atoms with E-state index in [0.717, 1.165) is 31.8 Å². The normalized spacial score (nSPS) is 23.7. The predicted molar refractivity (Wildman–Crippen MR) is 71.6 cm³/mol. The van der Waals surface area contributed by atoms with Gasteiger partial charge in [0.2, 0.25) is 0 Å². The summed E-state index contributed by atoms with van der Waals surface area (Å²) in [5.74, 6) is 0.433. The number of carbonyl (C=O) groups is 1. The quantitative estimate of drug-likeness (QED) is 0.690. The second-order valence-electron chi connectivity index (χ2n) is 5.93. The molecule has 2 aliphatic rings. The van der Waals surface area contributed by atoms with E-state index in [4.69, 9.17) is 0 Å². The molecule has 1 unspecified atom stereocenters. The van der Waals surface area contributed by atoms with Gasteiger partial charge in [0, 0.05) is 13.1 Å². The highest BCUT2D eigenvalue weighted by Gasteiger charge is 2.51. The molecule has 0 heterocycles. The average Bonchev–Trinajstić information content (AvgIpc) is 3.11. The highest BCUT2D eigenvalue weighted by Crippen LogP contribution is 2.40. The molecule has 2 aliphatic carbocycles. The summed E-state index contributed by atoms with van der Waals surface area (Å²) in [7, 11) is 1.80. The van der Waals surface area contributed by atoms with Crippen LogP contribution in [-0.4, -0.2) is 48.2 Å². The highest BCUT2D eigenvalue weighted by atomic mass is 16.4. The molecule has 18 heavy (non-hydrogen) atoms. The minimum Gasteiger partial charge on any atom is -0.480 e. The van der Waals surface area contributed by atoms with Crippen LogP contribution in [0.25, 0.3) is 0 Å². The molecule has 0 spiro atoms. The Kier molecular flexibility index (Phi) is 4.28. The molecule has 0 saturated heterocycles. The van der Waals surface area contributed by atoms with Crippen LogP contribution < -0.4 is 5.32 Å². The number of rotatable bonds is 8. The van der Waals surface area contributed by atoms with Gasteiger partial charge < -0.3 is 15.3 Å². The van der Waals surface area contributed by atoms with Crippen LogP contribution in [-0.2, 0) is 4.79 Å². The molecule has 0 radical (unpaired) electrons. The van der Waals surface area contributed by atoms with Gasteiger partial charge in [-0.1, -0.05) is 13.3 Å². The molecule has 2 N–H and O–H groups in total. The lowest BCUT2D eigenvalue weighted by molar-refractivity contribution is -0.146. The van der Waals surface area contributed by atoms with E-state index in [1.165, 1.54) is 19.3 Å². The maximum absolute atomic E-state index is 11.7. The van der Waals surface area contributed by atoms with Gasteiger partial charge in [0.05, 0.1) is 0 Å². The summed E-state index contributed by atoms with van der Waals surface area (Å²) in [6.45, 7) is 4.80. The standard InChI is InChI=1S/C14H26N2O2/c1-3-16(9-11-5-4-6-11)10-14(15-2,13(17)18)12-7-8-12/h11-12,15H,3-10H2,1-2H3,(H,17,18). The van der Waals surface area contributed by atoms with Crippen molar-refractivity contribution in [2.24, 2.45) is 11.8 Å². The van der Waals surface area contributed by atoms with Gasteiger partial charge in [0.25, 0.3) is 0 Å². The Morgan fingerprint density at radius 2 is 2.06 bits per heavy atom. The zero-order valence-corrected chi connectivity index (χ0v) is 11.6. The Balaban J connectivity index is 1.98. The van der Waals surface area contributed by atoms with Gasteiger partial charge in [-0.25, -0.2) is 0 Å². The van der Waals surface area contributed by atoms with Crippen LogP contribution in [0.5, 0.6) is 0 Å². The van der Waals surface area contributed by atoms with Crippen LogP contribution in [0.2, 0.25) is 0 Å². The van der Waals surface area contributed by atoms with Crippen molar-refractivity contribution >= 4 is 5.97 Å². The molecule has 104 valence electrons. The number of nitrogens with one attached hydrogen (secondary N) is 1. The molecule has 0 aromatic heterocycles. The smallest absolute Gasteiger partial charge is 0.325 e. The van der Waals surface area contributed by atoms with Crippen molar-refractivity contribution in [3.8, 4) is 0 Å². The number of carboxylic acids is 1. The Labute approximate surface area is 110 Å². The molecular weight excluding hydrogens is 228 g/mol. The van der Waals surface area contributed by atoms with E-state index in [1.807, 2.05) is 0 Å². The highest BCUT2D eigenvalue weighted by molar-refractivity contribution is 5.80. The van der Waals surface area contributed by atoms with E-state index >= 15 is 0 Å². The fourth-order valence-electron chi connectivity index (χ4n) is 3.04. The van der Waals surface area contributed by atoms with E-state index < -0.39 is 11.5 Å².